The highest BCUT2D eigenvalue weighted by atomic mass is 35.5. The summed E-state index contributed by atoms with van der Waals surface area (Å²) in [7, 11) is 0. The normalized spacial score (nSPS) is 11.4. The predicted octanol–water partition coefficient (Wildman–Crippen LogP) is 7.96. The maximum absolute atomic E-state index is 13.3. The zero-order valence-corrected chi connectivity index (χ0v) is 19.1. The van der Waals surface area contributed by atoms with Gasteiger partial charge in [0.2, 0.25) is 0 Å². The second-order valence-corrected chi connectivity index (χ2v) is 8.28. The van der Waals surface area contributed by atoms with Crippen LogP contribution in [-0.2, 0) is 6.18 Å². The first kappa shape index (κ1) is 23.5. The molecule has 0 aliphatic heterocycles. The van der Waals surface area contributed by atoms with Gasteiger partial charge in [-0.2, -0.15) is 13.2 Å². The number of halogens is 4. The van der Waals surface area contributed by atoms with Gasteiger partial charge in [-0.3, -0.25) is 4.79 Å². The molecule has 0 saturated carbocycles. The van der Waals surface area contributed by atoms with Crippen LogP contribution in [0, 0.1) is 13.8 Å². The number of carbonyl (C=O) groups is 1. The van der Waals surface area contributed by atoms with E-state index in [4.69, 9.17) is 11.6 Å². The van der Waals surface area contributed by atoms with Crippen LogP contribution in [0.25, 0.3) is 22.4 Å². The Morgan fingerprint density at radius 2 is 1.59 bits per heavy atom. The third kappa shape index (κ3) is 4.82. The van der Waals surface area contributed by atoms with E-state index >= 15 is 0 Å². The van der Waals surface area contributed by atoms with Crippen LogP contribution in [0.15, 0.2) is 78.9 Å². The largest absolute Gasteiger partial charge is 0.433 e. The van der Waals surface area contributed by atoms with Crippen molar-refractivity contribution in [2.75, 3.05) is 5.32 Å². The molecule has 7 heteroatoms. The first-order valence-corrected chi connectivity index (χ1v) is 10.8. The summed E-state index contributed by atoms with van der Waals surface area (Å²) in [5.41, 5.74) is 3.17. The van der Waals surface area contributed by atoms with Crippen LogP contribution in [-0.4, -0.2) is 10.9 Å². The minimum Gasteiger partial charge on any atom is -0.322 e. The van der Waals surface area contributed by atoms with E-state index in [1.807, 2.05) is 36.4 Å². The van der Waals surface area contributed by atoms with E-state index in [9.17, 15) is 18.0 Å². The van der Waals surface area contributed by atoms with Crippen molar-refractivity contribution in [2.45, 2.75) is 20.0 Å². The molecule has 0 fully saturated rings. The van der Waals surface area contributed by atoms with Crippen molar-refractivity contribution in [1.29, 1.82) is 0 Å². The number of nitrogens with one attached hydrogen (secondary N) is 1. The zero-order chi connectivity index (χ0) is 24.5. The number of hydrogen-bond donors (Lipinski definition) is 1. The molecule has 1 N–H and O–H groups in total. The summed E-state index contributed by atoms with van der Waals surface area (Å²) in [4.78, 5) is 17.1. The summed E-state index contributed by atoms with van der Waals surface area (Å²) in [6.45, 7) is 3.47. The molecule has 4 rings (SSSR count). The summed E-state index contributed by atoms with van der Waals surface area (Å²) >= 11 is 6.47. The fraction of sp³-hybridized carbons (Fsp3) is 0.111. The van der Waals surface area contributed by atoms with Gasteiger partial charge in [-0.05, 0) is 54.8 Å². The van der Waals surface area contributed by atoms with Crippen molar-refractivity contribution in [3.63, 3.8) is 0 Å². The number of benzene rings is 3. The van der Waals surface area contributed by atoms with E-state index < -0.39 is 17.8 Å². The number of pyridine rings is 1. The molecule has 0 aliphatic rings. The Bertz CT molecular complexity index is 1370. The first-order valence-electron chi connectivity index (χ1n) is 10.5. The Morgan fingerprint density at radius 3 is 2.26 bits per heavy atom. The fourth-order valence-electron chi connectivity index (χ4n) is 3.80. The molecule has 4 aromatic rings. The average Bonchev–Trinajstić information content (AvgIpc) is 2.80. The molecule has 34 heavy (non-hydrogen) atoms. The standard InChI is InChI=1S/C27H20ClF3N2O/c1-16-11-12-17(2)25(24(16)22-9-6-10-23(33-22)27(29,30)31)26(34)32-19-13-14-20(21(28)15-19)18-7-4-3-5-8-18/h3-15H,1-2H3,(H,32,34). The Kier molecular flexibility index (Phi) is 6.44. The first-order chi connectivity index (χ1) is 16.1. The molecule has 3 nitrogen and oxygen atoms in total. The lowest BCUT2D eigenvalue weighted by Crippen LogP contribution is -2.16. The molecule has 1 aromatic heterocycles. The maximum atomic E-state index is 13.3. The minimum atomic E-state index is -4.59. The van der Waals surface area contributed by atoms with Crippen molar-refractivity contribution in [3.8, 4) is 22.4 Å². The monoisotopic (exact) mass is 480 g/mol. The molecule has 1 heterocycles. The van der Waals surface area contributed by atoms with Gasteiger partial charge in [-0.25, -0.2) is 4.98 Å². The van der Waals surface area contributed by atoms with Crippen LogP contribution in [0.5, 0.6) is 0 Å². The Hall–Kier alpha value is -3.64. The summed E-state index contributed by atoms with van der Waals surface area (Å²) in [5.74, 6) is -0.459. The van der Waals surface area contributed by atoms with Gasteiger partial charge < -0.3 is 5.32 Å². The summed E-state index contributed by atoms with van der Waals surface area (Å²) in [6.07, 6.45) is -4.59. The lowest BCUT2D eigenvalue weighted by atomic mass is 9.93. The summed E-state index contributed by atoms with van der Waals surface area (Å²) < 4.78 is 39.7. The number of carbonyl (C=O) groups excluding carboxylic acids is 1. The molecule has 3 aromatic carbocycles. The fourth-order valence-corrected chi connectivity index (χ4v) is 4.09. The van der Waals surface area contributed by atoms with Gasteiger partial charge in [0.25, 0.3) is 5.91 Å². The van der Waals surface area contributed by atoms with Crippen molar-refractivity contribution in [3.05, 3.63) is 106 Å². The van der Waals surface area contributed by atoms with E-state index in [0.717, 1.165) is 17.2 Å². The summed E-state index contributed by atoms with van der Waals surface area (Å²) in [6, 6.07) is 22.0. The van der Waals surface area contributed by atoms with E-state index in [1.165, 1.54) is 12.1 Å². The third-order valence-electron chi connectivity index (χ3n) is 5.46. The van der Waals surface area contributed by atoms with Gasteiger partial charge in [0.1, 0.15) is 5.69 Å². The Morgan fingerprint density at radius 1 is 0.882 bits per heavy atom. The molecular weight excluding hydrogens is 461 g/mol. The van der Waals surface area contributed by atoms with Crippen molar-refractivity contribution < 1.29 is 18.0 Å². The van der Waals surface area contributed by atoms with Crippen LogP contribution in [0.1, 0.15) is 27.2 Å². The van der Waals surface area contributed by atoms with Crippen LogP contribution < -0.4 is 5.32 Å². The van der Waals surface area contributed by atoms with Crippen LogP contribution in [0.2, 0.25) is 5.02 Å². The number of aromatic nitrogens is 1. The second-order valence-electron chi connectivity index (χ2n) is 7.87. The number of alkyl halides is 3. The lowest BCUT2D eigenvalue weighted by Gasteiger charge is -2.17. The number of hydrogen-bond acceptors (Lipinski definition) is 2. The zero-order valence-electron chi connectivity index (χ0n) is 18.4. The van der Waals surface area contributed by atoms with Crippen LogP contribution >= 0.6 is 11.6 Å². The molecule has 0 atom stereocenters. The molecule has 0 saturated heterocycles. The van der Waals surface area contributed by atoms with Gasteiger partial charge in [0.15, 0.2) is 0 Å². The molecule has 172 valence electrons. The minimum absolute atomic E-state index is 0.0821. The molecular formula is C27H20ClF3N2O. The van der Waals surface area contributed by atoms with Gasteiger partial charge in [0.05, 0.1) is 16.3 Å². The second kappa shape index (κ2) is 9.31. The lowest BCUT2D eigenvalue weighted by molar-refractivity contribution is -0.141. The van der Waals surface area contributed by atoms with E-state index in [-0.39, 0.29) is 11.3 Å². The molecule has 0 bridgehead atoms. The molecule has 0 spiro atoms. The number of nitrogens with zero attached hydrogens (tertiary/aromatic N) is 1. The highest BCUT2D eigenvalue weighted by molar-refractivity contribution is 6.33. The Labute approximate surface area is 200 Å². The Balaban J connectivity index is 1.71. The van der Waals surface area contributed by atoms with E-state index in [1.54, 1.807) is 38.1 Å². The quantitative estimate of drug-likeness (QED) is 0.322. The third-order valence-corrected chi connectivity index (χ3v) is 5.77. The predicted molar refractivity (Wildman–Crippen MR) is 129 cm³/mol. The molecule has 0 radical (unpaired) electrons. The van der Waals surface area contributed by atoms with Crippen molar-refractivity contribution in [1.82, 2.24) is 4.98 Å². The highest BCUT2D eigenvalue weighted by Crippen LogP contribution is 2.34. The van der Waals surface area contributed by atoms with E-state index in [2.05, 4.69) is 10.3 Å². The highest BCUT2D eigenvalue weighted by Gasteiger charge is 2.33. The molecule has 0 aliphatic carbocycles. The van der Waals surface area contributed by atoms with Crippen LogP contribution in [0.3, 0.4) is 0 Å². The van der Waals surface area contributed by atoms with Gasteiger partial charge in [-0.15, -0.1) is 0 Å². The molecule has 0 unspecified atom stereocenters. The number of amides is 1. The van der Waals surface area contributed by atoms with Gasteiger partial charge in [0, 0.05) is 16.8 Å². The van der Waals surface area contributed by atoms with Gasteiger partial charge >= 0.3 is 6.18 Å². The summed E-state index contributed by atoms with van der Waals surface area (Å²) in [5, 5.41) is 3.29. The number of rotatable bonds is 4. The van der Waals surface area contributed by atoms with E-state index in [0.29, 0.717) is 27.4 Å². The van der Waals surface area contributed by atoms with Crippen molar-refractivity contribution in [2.24, 2.45) is 0 Å². The number of aryl methyl sites for hydroxylation is 2. The average molecular weight is 481 g/mol. The molecule has 1 amide bonds. The SMILES string of the molecule is Cc1ccc(C)c(-c2cccc(C(F)(F)F)n2)c1C(=O)Nc1ccc(-c2ccccc2)c(Cl)c1. The van der Waals surface area contributed by atoms with Crippen molar-refractivity contribution >= 4 is 23.2 Å². The van der Waals surface area contributed by atoms with Gasteiger partial charge in [-0.1, -0.05) is 66.2 Å². The van der Waals surface area contributed by atoms with Crippen LogP contribution in [0.4, 0.5) is 18.9 Å². The topological polar surface area (TPSA) is 42.0 Å². The number of anilines is 1. The maximum Gasteiger partial charge on any atom is 0.433 e. The smallest absolute Gasteiger partial charge is 0.322 e.